The van der Waals surface area contributed by atoms with Crippen LogP contribution in [0.3, 0.4) is 0 Å². The van der Waals surface area contributed by atoms with Gasteiger partial charge in [0.1, 0.15) is 41.9 Å². The van der Waals surface area contributed by atoms with Gasteiger partial charge in [-0.05, 0) is 121 Å². The van der Waals surface area contributed by atoms with Crippen LogP contribution in [0.2, 0.25) is 5.02 Å². The molecule has 2 rings (SSSR count). The molecule has 27 nitrogen and oxygen atoms in total. The van der Waals surface area contributed by atoms with Crippen LogP contribution in [-0.2, 0) is 49.6 Å². The van der Waals surface area contributed by atoms with Crippen molar-refractivity contribution < 1.29 is 53.4 Å². The third-order valence-electron chi connectivity index (χ3n) is 12.0. The summed E-state index contributed by atoms with van der Waals surface area (Å²) in [6, 6.07) is -1.92. The average Bonchev–Trinajstić information content (AvgIpc) is 3.88. The molecule has 0 radical (unpaired) electrons. The second kappa shape index (κ2) is 34.9. The number of aliphatic imine (C=N–C) groups is 1. The van der Waals surface area contributed by atoms with Gasteiger partial charge >= 0.3 is 5.97 Å². The monoisotopic (exact) mass is 1080 g/mol. The summed E-state index contributed by atoms with van der Waals surface area (Å²) in [4.78, 5) is 126. The molecule has 1 aromatic carbocycles. The number of likely N-dealkylation sites (tertiary alicyclic amines) is 1. The number of halogens is 1. The van der Waals surface area contributed by atoms with Gasteiger partial charge in [-0.25, -0.2) is 4.79 Å². The highest BCUT2D eigenvalue weighted by Gasteiger charge is 2.39. The predicted octanol–water partition coefficient (Wildman–Crippen LogP) is -4.78. The summed E-state index contributed by atoms with van der Waals surface area (Å²) in [6.07, 6.45) is 3.25. The van der Waals surface area contributed by atoms with E-state index in [1.165, 1.54) is 17.9 Å². The highest BCUT2D eigenvalue weighted by Crippen LogP contribution is 2.21. The molecule has 1 heterocycles. The molecule has 0 spiro atoms. The Kier molecular flexibility index (Phi) is 30.1. The van der Waals surface area contributed by atoms with Gasteiger partial charge in [-0.3, -0.25) is 43.3 Å². The average molecular weight is 1080 g/mol. The summed E-state index contributed by atoms with van der Waals surface area (Å²) in [5.74, 6) is -7.91. The number of benzene rings is 1. The number of unbranched alkanes of at least 4 members (excludes halogenated alkanes) is 2. The second-order valence-electron chi connectivity index (χ2n) is 17.9. The van der Waals surface area contributed by atoms with Gasteiger partial charge in [0.25, 0.3) is 0 Å². The van der Waals surface area contributed by atoms with E-state index in [4.69, 9.17) is 51.7 Å². The van der Waals surface area contributed by atoms with Crippen LogP contribution in [0.25, 0.3) is 0 Å². The number of carbonyl (C=O) groups excluding carboxylic acids is 8. The van der Waals surface area contributed by atoms with Crippen molar-refractivity contribution in [1.82, 2.24) is 42.1 Å². The van der Waals surface area contributed by atoms with E-state index in [0.29, 0.717) is 43.7 Å². The van der Waals surface area contributed by atoms with Crippen LogP contribution in [0.15, 0.2) is 41.0 Å². The maximum atomic E-state index is 14.2. The number of aryl methyl sites for hydroxylation is 1. The van der Waals surface area contributed by atoms with Crippen LogP contribution in [0, 0.1) is 0 Å². The van der Waals surface area contributed by atoms with Crippen LogP contribution < -0.4 is 77.4 Å². The molecule has 8 atom stereocenters. The van der Waals surface area contributed by atoms with Crippen molar-refractivity contribution in [1.29, 1.82) is 0 Å². The van der Waals surface area contributed by atoms with Crippen LogP contribution in [0.1, 0.15) is 89.5 Å². The van der Waals surface area contributed by atoms with Crippen LogP contribution in [-0.4, -0.2) is 169 Å². The van der Waals surface area contributed by atoms with Crippen LogP contribution in [0.4, 0.5) is 0 Å². The van der Waals surface area contributed by atoms with Crippen LogP contribution in [0.5, 0.6) is 0 Å². The highest BCUT2D eigenvalue weighted by molar-refractivity contribution is 6.30. The van der Waals surface area contributed by atoms with Gasteiger partial charge < -0.3 is 92.5 Å². The van der Waals surface area contributed by atoms with Gasteiger partial charge in [0.05, 0.1) is 18.7 Å². The molecule has 0 aliphatic carbocycles. The molecule has 0 bridgehead atoms. The third kappa shape index (κ3) is 23.7. The van der Waals surface area contributed by atoms with Gasteiger partial charge in [-0.1, -0.05) is 36.2 Å². The second-order valence-corrected chi connectivity index (χ2v) is 18.4. The lowest BCUT2D eigenvalue weighted by molar-refractivity contribution is -0.142. The first-order valence-corrected chi connectivity index (χ1v) is 25.4. The maximum absolute atomic E-state index is 14.2. The summed E-state index contributed by atoms with van der Waals surface area (Å²) in [6.45, 7) is 1.19. The Morgan fingerprint density at radius 3 is 2.00 bits per heavy atom. The molecule has 1 aliphatic rings. The fourth-order valence-corrected chi connectivity index (χ4v) is 7.86. The topological polar surface area (TPSA) is 476 Å². The van der Waals surface area contributed by atoms with Crippen molar-refractivity contribution in [2.45, 2.75) is 139 Å². The lowest BCUT2D eigenvalue weighted by Crippen LogP contribution is -2.60. The van der Waals surface area contributed by atoms with Gasteiger partial charge in [0, 0.05) is 24.7 Å². The lowest BCUT2D eigenvalue weighted by atomic mass is 10.0. The van der Waals surface area contributed by atoms with Gasteiger partial charge in [0.2, 0.25) is 47.3 Å². The number of carbonyl (C=O) groups is 9. The molecule has 1 aromatic rings. The molecular weight excluding hydrogens is 1000 g/mol. The van der Waals surface area contributed by atoms with E-state index in [2.05, 4.69) is 42.2 Å². The Bertz CT molecular complexity index is 2110. The Hall–Kier alpha value is -6.49. The number of aliphatic hydroxyl groups is 1. The van der Waals surface area contributed by atoms with Crippen molar-refractivity contribution in [2.24, 2.45) is 45.1 Å². The first kappa shape index (κ1) is 64.6. The number of carboxylic acids is 1. The number of amides is 8. The largest absolute Gasteiger partial charge is 0.477 e. The highest BCUT2D eigenvalue weighted by atomic mass is 35.5. The normalized spacial score (nSPS) is 16.1. The van der Waals surface area contributed by atoms with E-state index in [9.17, 15) is 53.4 Å². The molecule has 75 heavy (non-hydrogen) atoms. The summed E-state index contributed by atoms with van der Waals surface area (Å²) in [7, 11) is 0. The number of nitrogens with zero attached hydrogens (tertiary/aromatic N) is 2. The summed E-state index contributed by atoms with van der Waals surface area (Å²) >= 11 is 6.09. The maximum Gasteiger partial charge on any atom is 0.352 e. The van der Waals surface area contributed by atoms with Crippen molar-refractivity contribution in [3.63, 3.8) is 0 Å². The van der Waals surface area contributed by atoms with Gasteiger partial charge in [-0.15, -0.1) is 0 Å². The van der Waals surface area contributed by atoms with E-state index in [-0.39, 0.29) is 83.5 Å². The zero-order chi connectivity index (χ0) is 56.0. The first-order valence-electron chi connectivity index (χ1n) is 25.0. The molecule has 0 saturated carbocycles. The van der Waals surface area contributed by atoms with Crippen molar-refractivity contribution in [2.75, 3.05) is 45.8 Å². The minimum Gasteiger partial charge on any atom is -0.477 e. The smallest absolute Gasteiger partial charge is 0.352 e. The van der Waals surface area contributed by atoms with E-state index in [1.807, 2.05) is 0 Å². The predicted molar refractivity (Wildman–Crippen MR) is 279 cm³/mol. The number of hydrogen-bond acceptors (Lipinski definition) is 16. The van der Waals surface area contributed by atoms with E-state index in [1.54, 1.807) is 24.3 Å². The van der Waals surface area contributed by atoms with E-state index in [0.717, 1.165) is 5.56 Å². The van der Waals surface area contributed by atoms with Crippen molar-refractivity contribution >= 4 is 70.8 Å². The minimum atomic E-state index is -1.56. The van der Waals surface area contributed by atoms with Gasteiger partial charge in [0.15, 0.2) is 5.96 Å². The minimum absolute atomic E-state index is 0.0166. The van der Waals surface area contributed by atoms with Crippen LogP contribution >= 0.6 is 11.6 Å². The molecule has 1 saturated heterocycles. The van der Waals surface area contributed by atoms with E-state index < -0.39 is 120 Å². The third-order valence-corrected chi connectivity index (χ3v) is 12.2. The molecule has 23 N–H and O–H groups in total. The van der Waals surface area contributed by atoms with Crippen molar-refractivity contribution in [3.8, 4) is 0 Å². The number of nitrogens with two attached hydrogens (primary N) is 7. The lowest BCUT2D eigenvalue weighted by Gasteiger charge is -2.30. The Balaban J connectivity index is 2.25. The zero-order valence-corrected chi connectivity index (χ0v) is 43.3. The van der Waals surface area contributed by atoms with Crippen molar-refractivity contribution in [3.05, 3.63) is 46.6 Å². The number of rotatable bonds is 35. The molecule has 1 fully saturated rings. The standard InChI is InChI=1S/C47H79ClN16O11/c1-27(58-44(72)38(36(65)25-52)63-40(68)30(53)9-2-4-20-49)39(67)57-26-37(66)59-33(11-6-22-51)45(73)64-24-8-13-35(64)43(71)61-32(19-16-28-14-17-29(48)18-15-28)42(70)60-31(10-3-5-21-50)41(69)62-34(46(74)75)12-7-23-56-47(54)55/h12,14-15,17-18,27,30-33,35-36,38,65H,2-11,13,16,19-26,49-53H2,1H3,(H,57,67)(H,58,72)(H,59,66)(H,60,70)(H,61,71)(H,62,69)(H,63,68)(H,74,75)(H4,54,55,56)/b34-12-/t27-,30-,31-,32-,33+,35-,36-,38-/m0/s1. The quantitative estimate of drug-likeness (QED) is 0.0131. The number of aliphatic carboxylic acids is 1. The summed E-state index contributed by atoms with van der Waals surface area (Å²) in [5.41, 5.74) is 39.4. The van der Waals surface area contributed by atoms with Gasteiger partial charge in [-0.2, -0.15) is 0 Å². The first-order chi connectivity index (χ1) is 35.7. The fraction of sp³-hybridized carbons (Fsp3) is 0.617. The SMILES string of the molecule is C[C@H](NC(=O)[C@@H](NC(=O)[C@@H](N)CCCCN)[C@@H](O)CN)C(=O)NCC(=O)N[C@H](CCCN)C(=O)N1CCC[C@H]1C(=O)N[C@@H](CCc1ccc(Cl)cc1)C(=O)N[C@@H](CCCCN)C(=O)N/C(=C\CCN=C(N)N)C(=O)O. The number of nitrogens with one attached hydrogen (secondary N) is 7. The fourth-order valence-electron chi connectivity index (χ4n) is 7.74. The molecule has 0 aromatic heterocycles. The molecule has 28 heteroatoms. The molecule has 420 valence electrons. The Labute approximate surface area is 441 Å². The molecular formula is C47H79ClN16O11. The summed E-state index contributed by atoms with van der Waals surface area (Å²) in [5, 5.41) is 38.2. The Morgan fingerprint density at radius 2 is 1.39 bits per heavy atom. The Morgan fingerprint density at radius 1 is 0.760 bits per heavy atom. The molecule has 8 amide bonds. The van der Waals surface area contributed by atoms with E-state index >= 15 is 0 Å². The number of carboxylic acid groups (broad SMARTS) is 1. The molecule has 1 aliphatic heterocycles. The zero-order valence-electron chi connectivity index (χ0n) is 42.5. The number of guanidine groups is 1. The molecule has 0 unspecified atom stereocenters. The summed E-state index contributed by atoms with van der Waals surface area (Å²) < 4.78 is 0. The number of aliphatic hydroxyl groups excluding tert-OH is 1. The number of hydrogen-bond donors (Lipinski definition) is 16.